The zero-order chi connectivity index (χ0) is 16.4. The average molecular weight is 314 g/mol. The minimum atomic E-state index is -0.302. The number of amides is 3. The Morgan fingerprint density at radius 2 is 2.04 bits per heavy atom. The van der Waals surface area contributed by atoms with Crippen molar-refractivity contribution in [3.05, 3.63) is 23.9 Å². The summed E-state index contributed by atoms with van der Waals surface area (Å²) in [4.78, 5) is 41.6. The first-order valence-corrected chi connectivity index (χ1v) is 7.21. The van der Waals surface area contributed by atoms with E-state index < -0.39 is 0 Å². The maximum absolute atomic E-state index is 12.0. The zero-order valence-corrected chi connectivity index (χ0v) is 12.3. The quantitative estimate of drug-likeness (QED) is 0.706. The van der Waals surface area contributed by atoms with Crippen LogP contribution in [0.2, 0.25) is 0 Å². The van der Waals surface area contributed by atoms with E-state index in [1.807, 2.05) is 6.07 Å². The number of carbonyl (C=O) groups excluding carboxylic acids is 3. The van der Waals surface area contributed by atoms with Crippen LogP contribution in [0.3, 0.4) is 0 Å². The lowest BCUT2D eigenvalue weighted by molar-refractivity contribution is -0.149. The summed E-state index contributed by atoms with van der Waals surface area (Å²) in [5, 5.41) is 8.97. The van der Waals surface area contributed by atoms with Gasteiger partial charge in [-0.05, 0) is 12.1 Å². The molecule has 0 aromatic carbocycles. The Bertz CT molecular complexity index is 690. The maximum atomic E-state index is 12.0. The van der Waals surface area contributed by atoms with Gasteiger partial charge in [-0.15, -0.1) is 0 Å². The van der Waals surface area contributed by atoms with E-state index in [4.69, 9.17) is 10.00 Å². The number of ether oxygens (including phenoxy) is 1. The largest absolute Gasteiger partial charge is 0.470 e. The van der Waals surface area contributed by atoms with Crippen molar-refractivity contribution in [1.29, 1.82) is 5.26 Å². The predicted octanol–water partition coefficient (Wildman–Crippen LogP) is -0.308. The van der Waals surface area contributed by atoms with Gasteiger partial charge in [0, 0.05) is 19.0 Å². The van der Waals surface area contributed by atoms with E-state index in [9.17, 15) is 14.4 Å². The van der Waals surface area contributed by atoms with Gasteiger partial charge in [-0.2, -0.15) is 5.26 Å². The summed E-state index contributed by atoms with van der Waals surface area (Å²) < 4.78 is 5.59. The Kier molecular flexibility index (Phi) is 3.93. The normalized spacial score (nSPS) is 17.9. The van der Waals surface area contributed by atoms with Crippen LogP contribution in [0.1, 0.15) is 18.4 Å². The summed E-state index contributed by atoms with van der Waals surface area (Å²) in [7, 11) is 0. The molecule has 3 rings (SSSR count). The number of pyridine rings is 1. The first-order chi connectivity index (χ1) is 11.1. The molecule has 0 radical (unpaired) electrons. The third kappa shape index (κ3) is 2.99. The molecule has 8 heteroatoms. The van der Waals surface area contributed by atoms with Gasteiger partial charge in [0.2, 0.25) is 23.6 Å². The fourth-order valence-electron chi connectivity index (χ4n) is 2.48. The van der Waals surface area contributed by atoms with Crippen LogP contribution in [0.25, 0.3) is 0 Å². The molecule has 0 saturated carbocycles. The van der Waals surface area contributed by atoms with Crippen LogP contribution in [0.15, 0.2) is 18.3 Å². The average Bonchev–Trinajstić information content (AvgIpc) is 2.82. The number of aromatic nitrogens is 1. The van der Waals surface area contributed by atoms with Crippen LogP contribution in [0.5, 0.6) is 5.88 Å². The molecule has 3 heterocycles. The van der Waals surface area contributed by atoms with Gasteiger partial charge in [0.05, 0.1) is 13.1 Å². The van der Waals surface area contributed by atoms with Crippen molar-refractivity contribution in [2.75, 3.05) is 19.6 Å². The van der Waals surface area contributed by atoms with Gasteiger partial charge >= 0.3 is 0 Å². The summed E-state index contributed by atoms with van der Waals surface area (Å²) in [6.45, 7) is 0.477. The zero-order valence-electron chi connectivity index (χ0n) is 12.3. The van der Waals surface area contributed by atoms with Gasteiger partial charge in [0.1, 0.15) is 24.3 Å². The number of nitrogens with zero attached hydrogens (tertiary/aromatic N) is 4. The molecule has 1 aromatic heterocycles. The molecule has 118 valence electrons. The van der Waals surface area contributed by atoms with E-state index >= 15 is 0 Å². The number of nitriles is 1. The fraction of sp³-hybridized carbons (Fsp3) is 0.400. The summed E-state index contributed by atoms with van der Waals surface area (Å²) in [5.41, 5.74) is 0.338. The third-order valence-corrected chi connectivity index (χ3v) is 3.82. The molecule has 23 heavy (non-hydrogen) atoms. The number of likely N-dealkylation sites (tertiary alicyclic amines) is 2. The number of rotatable bonds is 4. The Morgan fingerprint density at radius 1 is 1.35 bits per heavy atom. The monoisotopic (exact) mass is 314 g/mol. The summed E-state index contributed by atoms with van der Waals surface area (Å²) >= 11 is 0. The van der Waals surface area contributed by atoms with Crippen molar-refractivity contribution >= 4 is 17.7 Å². The van der Waals surface area contributed by atoms with Crippen LogP contribution in [0, 0.1) is 11.3 Å². The summed E-state index contributed by atoms with van der Waals surface area (Å²) in [6, 6.07) is 5.24. The molecule has 0 aliphatic carbocycles. The van der Waals surface area contributed by atoms with E-state index in [1.165, 1.54) is 11.1 Å². The smallest absolute Gasteiger partial charge is 0.243 e. The third-order valence-electron chi connectivity index (χ3n) is 3.82. The molecule has 0 atom stereocenters. The van der Waals surface area contributed by atoms with E-state index in [1.54, 1.807) is 12.1 Å². The maximum Gasteiger partial charge on any atom is 0.243 e. The molecular formula is C15H14N4O4. The second-order valence-electron chi connectivity index (χ2n) is 5.38. The highest BCUT2D eigenvalue weighted by Gasteiger charge is 2.37. The van der Waals surface area contributed by atoms with Crippen LogP contribution < -0.4 is 4.74 Å². The Labute approximate surface area is 132 Å². The lowest BCUT2D eigenvalue weighted by Gasteiger charge is -2.39. The second-order valence-corrected chi connectivity index (χ2v) is 5.38. The summed E-state index contributed by atoms with van der Waals surface area (Å²) in [6.07, 6.45) is 1.64. The van der Waals surface area contributed by atoms with Crippen LogP contribution in [0.4, 0.5) is 0 Å². The van der Waals surface area contributed by atoms with Crippen molar-refractivity contribution < 1.29 is 19.1 Å². The highest BCUT2D eigenvalue weighted by molar-refractivity contribution is 6.04. The standard InChI is InChI=1S/C15H14N4O4/c16-6-10-2-1-5-17-15(10)23-11-7-18(8-11)14(22)9-19-12(20)3-4-13(19)21/h1-2,5,11H,3-4,7-9H2. The first kappa shape index (κ1) is 15.0. The van der Waals surface area contributed by atoms with Crippen LogP contribution in [-0.4, -0.2) is 58.2 Å². The van der Waals surface area contributed by atoms with Gasteiger partial charge in [-0.1, -0.05) is 0 Å². The van der Waals surface area contributed by atoms with Crippen molar-refractivity contribution in [1.82, 2.24) is 14.8 Å². The second kappa shape index (κ2) is 6.04. The molecule has 0 bridgehead atoms. The fourth-order valence-corrected chi connectivity index (χ4v) is 2.48. The lowest BCUT2D eigenvalue weighted by atomic mass is 10.1. The molecule has 2 aliphatic heterocycles. The number of carbonyl (C=O) groups is 3. The minimum absolute atomic E-state index is 0.175. The van der Waals surface area contributed by atoms with E-state index in [0.717, 1.165) is 4.90 Å². The molecule has 0 unspecified atom stereocenters. The van der Waals surface area contributed by atoms with Gasteiger partial charge in [0.15, 0.2) is 0 Å². The predicted molar refractivity (Wildman–Crippen MR) is 75.9 cm³/mol. The SMILES string of the molecule is N#Cc1cccnc1OC1CN(C(=O)CN2C(=O)CCC2=O)C1. The molecule has 2 fully saturated rings. The Balaban J connectivity index is 1.51. The van der Waals surface area contributed by atoms with Gasteiger partial charge in [-0.3, -0.25) is 19.3 Å². The number of imide groups is 1. The topological polar surface area (TPSA) is 104 Å². The van der Waals surface area contributed by atoms with Crippen LogP contribution in [-0.2, 0) is 14.4 Å². The molecule has 0 spiro atoms. The Morgan fingerprint density at radius 3 is 2.70 bits per heavy atom. The van der Waals surface area contributed by atoms with Gasteiger partial charge in [-0.25, -0.2) is 4.98 Å². The molecule has 0 N–H and O–H groups in total. The molecular weight excluding hydrogens is 300 g/mol. The molecule has 2 aliphatic rings. The van der Waals surface area contributed by atoms with E-state index in [-0.39, 0.29) is 49.1 Å². The molecule has 1 aromatic rings. The van der Waals surface area contributed by atoms with Gasteiger partial charge in [0.25, 0.3) is 0 Å². The highest BCUT2D eigenvalue weighted by Crippen LogP contribution is 2.20. The van der Waals surface area contributed by atoms with Crippen molar-refractivity contribution in [3.8, 4) is 11.9 Å². The lowest BCUT2D eigenvalue weighted by Crippen LogP contribution is -2.58. The molecule has 3 amide bonds. The van der Waals surface area contributed by atoms with E-state index in [0.29, 0.717) is 18.7 Å². The summed E-state index contributed by atoms with van der Waals surface area (Å²) in [5.74, 6) is -0.639. The highest BCUT2D eigenvalue weighted by atomic mass is 16.5. The van der Waals surface area contributed by atoms with Gasteiger partial charge < -0.3 is 9.64 Å². The first-order valence-electron chi connectivity index (χ1n) is 7.21. The van der Waals surface area contributed by atoms with Crippen molar-refractivity contribution in [2.24, 2.45) is 0 Å². The van der Waals surface area contributed by atoms with Crippen molar-refractivity contribution in [2.45, 2.75) is 18.9 Å². The van der Waals surface area contributed by atoms with E-state index in [2.05, 4.69) is 4.98 Å². The van der Waals surface area contributed by atoms with Crippen LogP contribution >= 0.6 is 0 Å². The Hall–Kier alpha value is -2.95. The molecule has 2 saturated heterocycles. The van der Waals surface area contributed by atoms with Crippen molar-refractivity contribution in [3.63, 3.8) is 0 Å². The molecule has 8 nitrogen and oxygen atoms in total. The number of hydrogen-bond donors (Lipinski definition) is 0. The number of hydrogen-bond acceptors (Lipinski definition) is 6. The minimum Gasteiger partial charge on any atom is -0.470 e.